The third-order valence-corrected chi connectivity index (χ3v) is 4.60. The van der Waals surface area contributed by atoms with Crippen LogP contribution in [0.3, 0.4) is 0 Å². The Morgan fingerprint density at radius 2 is 1.82 bits per heavy atom. The van der Waals surface area contributed by atoms with E-state index in [-0.39, 0.29) is 11.5 Å². The first-order chi connectivity index (χ1) is 13.4. The number of hydrogen-bond acceptors (Lipinski definition) is 7. The predicted molar refractivity (Wildman–Crippen MR) is 102 cm³/mol. The zero-order valence-electron chi connectivity index (χ0n) is 15.8. The Bertz CT molecular complexity index is 1330. The SMILES string of the molecule is COc1ccccc1-c1noc(-c2cc(C)c3c(=O)n(C)c(=O)n(C)c3n2)n1. The number of ether oxygens (including phenoxy) is 1. The standard InChI is InChI=1S/C19H17N5O4/c1-10-9-12(20-16-14(10)18(25)24(3)19(26)23(16)2)17-21-15(22-28-17)11-7-5-6-8-13(11)27-4/h5-9H,1-4H3. The minimum atomic E-state index is -0.457. The van der Waals surface area contributed by atoms with Crippen molar-refractivity contribution in [2.75, 3.05) is 7.11 Å². The molecule has 0 saturated carbocycles. The maximum absolute atomic E-state index is 12.5. The van der Waals surface area contributed by atoms with Crippen LogP contribution in [0.15, 0.2) is 44.4 Å². The largest absolute Gasteiger partial charge is 0.496 e. The maximum Gasteiger partial charge on any atom is 0.332 e. The van der Waals surface area contributed by atoms with Crippen LogP contribution in [-0.4, -0.2) is 31.4 Å². The first-order valence-electron chi connectivity index (χ1n) is 8.47. The first kappa shape index (κ1) is 17.7. The van der Waals surface area contributed by atoms with Gasteiger partial charge in [0.2, 0.25) is 5.82 Å². The van der Waals surface area contributed by atoms with Crippen LogP contribution in [0.25, 0.3) is 34.0 Å². The van der Waals surface area contributed by atoms with Crippen molar-refractivity contribution in [2.45, 2.75) is 6.92 Å². The van der Waals surface area contributed by atoms with Gasteiger partial charge in [0, 0.05) is 14.1 Å². The molecule has 0 saturated heterocycles. The van der Waals surface area contributed by atoms with E-state index in [1.807, 2.05) is 18.2 Å². The van der Waals surface area contributed by atoms with Gasteiger partial charge in [-0.15, -0.1) is 0 Å². The fourth-order valence-electron chi connectivity index (χ4n) is 3.11. The van der Waals surface area contributed by atoms with E-state index in [0.29, 0.717) is 33.8 Å². The molecular formula is C19H17N5O4. The van der Waals surface area contributed by atoms with Crippen LogP contribution >= 0.6 is 0 Å². The van der Waals surface area contributed by atoms with E-state index >= 15 is 0 Å². The van der Waals surface area contributed by atoms with Gasteiger partial charge in [-0.05, 0) is 30.7 Å². The van der Waals surface area contributed by atoms with Gasteiger partial charge in [0.1, 0.15) is 17.1 Å². The van der Waals surface area contributed by atoms with Crippen molar-refractivity contribution in [1.82, 2.24) is 24.3 Å². The van der Waals surface area contributed by atoms with Gasteiger partial charge in [-0.3, -0.25) is 13.9 Å². The molecular weight excluding hydrogens is 362 g/mol. The fraction of sp³-hybridized carbons (Fsp3) is 0.211. The lowest BCUT2D eigenvalue weighted by molar-refractivity contribution is 0.413. The predicted octanol–water partition coefficient (Wildman–Crippen LogP) is 1.67. The van der Waals surface area contributed by atoms with E-state index in [1.54, 1.807) is 33.2 Å². The Balaban J connectivity index is 1.91. The number of rotatable bonds is 3. The highest BCUT2D eigenvalue weighted by Gasteiger charge is 2.19. The molecule has 28 heavy (non-hydrogen) atoms. The number of pyridine rings is 1. The second-order valence-electron chi connectivity index (χ2n) is 6.35. The molecule has 0 atom stereocenters. The van der Waals surface area contributed by atoms with Gasteiger partial charge in [0.15, 0.2) is 0 Å². The maximum atomic E-state index is 12.5. The van der Waals surface area contributed by atoms with Crippen molar-refractivity contribution in [3.63, 3.8) is 0 Å². The molecule has 9 heteroatoms. The van der Waals surface area contributed by atoms with Gasteiger partial charge >= 0.3 is 5.69 Å². The third-order valence-electron chi connectivity index (χ3n) is 4.60. The second kappa shape index (κ2) is 6.45. The Kier molecular flexibility index (Phi) is 4.07. The van der Waals surface area contributed by atoms with E-state index in [1.165, 1.54) is 11.6 Å². The average molecular weight is 379 g/mol. The van der Waals surface area contributed by atoms with Crippen LogP contribution in [-0.2, 0) is 14.1 Å². The van der Waals surface area contributed by atoms with Gasteiger partial charge < -0.3 is 9.26 Å². The van der Waals surface area contributed by atoms with Crippen molar-refractivity contribution < 1.29 is 9.26 Å². The molecule has 0 aliphatic heterocycles. The number of aromatic nitrogens is 5. The number of methoxy groups -OCH3 is 1. The molecule has 3 heterocycles. The minimum absolute atomic E-state index is 0.180. The summed E-state index contributed by atoms with van der Waals surface area (Å²) in [7, 11) is 4.57. The fourth-order valence-corrected chi connectivity index (χ4v) is 3.11. The lowest BCUT2D eigenvalue weighted by Gasteiger charge is -2.09. The summed E-state index contributed by atoms with van der Waals surface area (Å²) < 4.78 is 13.1. The number of hydrogen-bond donors (Lipinski definition) is 0. The number of nitrogens with zero attached hydrogens (tertiary/aromatic N) is 5. The molecule has 0 radical (unpaired) electrons. The highest BCUT2D eigenvalue weighted by molar-refractivity contribution is 5.80. The van der Waals surface area contributed by atoms with E-state index in [0.717, 1.165) is 4.57 Å². The topological polar surface area (TPSA) is 105 Å². The molecule has 4 rings (SSSR count). The summed E-state index contributed by atoms with van der Waals surface area (Å²) in [5, 5.41) is 4.39. The highest BCUT2D eigenvalue weighted by atomic mass is 16.5. The van der Waals surface area contributed by atoms with E-state index in [9.17, 15) is 9.59 Å². The van der Waals surface area contributed by atoms with Crippen LogP contribution in [0.5, 0.6) is 5.75 Å². The van der Waals surface area contributed by atoms with Crippen LogP contribution in [0.4, 0.5) is 0 Å². The Morgan fingerprint density at radius 3 is 2.57 bits per heavy atom. The molecule has 9 nitrogen and oxygen atoms in total. The summed E-state index contributed by atoms with van der Waals surface area (Å²) in [4.78, 5) is 33.6. The molecule has 4 aromatic rings. The first-order valence-corrected chi connectivity index (χ1v) is 8.47. The second-order valence-corrected chi connectivity index (χ2v) is 6.35. The van der Waals surface area contributed by atoms with Gasteiger partial charge in [-0.2, -0.15) is 4.98 Å². The normalized spacial score (nSPS) is 11.1. The van der Waals surface area contributed by atoms with Crippen molar-refractivity contribution in [2.24, 2.45) is 14.1 Å². The van der Waals surface area contributed by atoms with Crippen LogP contribution < -0.4 is 16.0 Å². The third kappa shape index (κ3) is 2.59. The Hall–Kier alpha value is -3.75. The van der Waals surface area contributed by atoms with E-state index in [2.05, 4.69) is 15.1 Å². The van der Waals surface area contributed by atoms with Crippen molar-refractivity contribution >= 4 is 11.0 Å². The molecule has 0 N–H and O–H groups in total. The molecule has 0 aliphatic rings. The smallest absolute Gasteiger partial charge is 0.332 e. The quantitative estimate of drug-likeness (QED) is 0.533. The van der Waals surface area contributed by atoms with Crippen molar-refractivity contribution in [3.05, 3.63) is 56.7 Å². The van der Waals surface area contributed by atoms with E-state index in [4.69, 9.17) is 9.26 Å². The van der Waals surface area contributed by atoms with Gasteiger partial charge in [-0.25, -0.2) is 9.78 Å². The van der Waals surface area contributed by atoms with Crippen molar-refractivity contribution in [3.8, 4) is 28.7 Å². The number of para-hydroxylation sites is 1. The molecule has 0 aliphatic carbocycles. The van der Waals surface area contributed by atoms with Gasteiger partial charge in [0.05, 0.1) is 18.1 Å². The lowest BCUT2D eigenvalue weighted by atomic mass is 10.1. The van der Waals surface area contributed by atoms with Gasteiger partial charge in [0.25, 0.3) is 11.4 Å². The van der Waals surface area contributed by atoms with Gasteiger partial charge in [-0.1, -0.05) is 17.3 Å². The highest BCUT2D eigenvalue weighted by Crippen LogP contribution is 2.29. The van der Waals surface area contributed by atoms with Crippen LogP contribution in [0, 0.1) is 6.92 Å². The van der Waals surface area contributed by atoms with E-state index < -0.39 is 11.2 Å². The molecule has 1 aromatic carbocycles. The zero-order valence-corrected chi connectivity index (χ0v) is 15.8. The molecule has 3 aromatic heterocycles. The Morgan fingerprint density at radius 1 is 1.07 bits per heavy atom. The molecule has 142 valence electrons. The summed E-state index contributed by atoms with van der Waals surface area (Å²) in [6.07, 6.45) is 0. The average Bonchev–Trinajstić information content (AvgIpc) is 3.20. The number of benzene rings is 1. The zero-order chi connectivity index (χ0) is 20.0. The summed E-state index contributed by atoms with van der Waals surface area (Å²) in [5.41, 5.74) is 1.13. The summed E-state index contributed by atoms with van der Waals surface area (Å²) >= 11 is 0. The molecule has 0 amide bonds. The lowest BCUT2D eigenvalue weighted by Crippen LogP contribution is -2.37. The van der Waals surface area contributed by atoms with Crippen molar-refractivity contribution in [1.29, 1.82) is 0 Å². The summed E-state index contributed by atoms with van der Waals surface area (Å²) in [6, 6.07) is 9.00. The molecule has 0 unspecified atom stereocenters. The number of aryl methyl sites for hydroxylation is 2. The summed E-state index contributed by atoms with van der Waals surface area (Å²) in [6.45, 7) is 1.77. The summed E-state index contributed by atoms with van der Waals surface area (Å²) in [5.74, 6) is 1.15. The number of fused-ring (bicyclic) bond motifs is 1. The Labute approximate surface area is 158 Å². The molecule has 0 bridgehead atoms. The van der Waals surface area contributed by atoms with Crippen LogP contribution in [0.1, 0.15) is 5.56 Å². The van der Waals surface area contributed by atoms with Crippen LogP contribution in [0.2, 0.25) is 0 Å². The molecule has 0 spiro atoms. The minimum Gasteiger partial charge on any atom is -0.496 e. The monoisotopic (exact) mass is 379 g/mol. The molecule has 0 fully saturated rings.